The predicted octanol–water partition coefficient (Wildman–Crippen LogP) is 3.71. The molecule has 0 saturated heterocycles. The second-order valence-corrected chi connectivity index (χ2v) is 6.03. The van der Waals surface area contributed by atoms with E-state index in [1.165, 1.54) is 0 Å². The lowest BCUT2D eigenvalue weighted by Crippen LogP contribution is -2.18. The van der Waals surface area contributed by atoms with Gasteiger partial charge in [0.1, 0.15) is 0 Å². The molecule has 2 amide bonds. The number of halogens is 1. The van der Waals surface area contributed by atoms with E-state index in [-0.39, 0.29) is 24.7 Å². The van der Waals surface area contributed by atoms with E-state index in [1.54, 1.807) is 6.21 Å². The maximum atomic E-state index is 11.8. The van der Waals surface area contributed by atoms with E-state index in [4.69, 9.17) is 0 Å². The van der Waals surface area contributed by atoms with E-state index in [2.05, 4.69) is 31.8 Å². The average molecular weight is 388 g/mol. The topological polar surface area (TPSA) is 70.6 Å². The molecule has 2 aromatic carbocycles. The third-order valence-electron chi connectivity index (χ3n) is 3.14. The molecule has 0 aliphatic carbocycles. The minimum Gasteiger partial charge on any atom is -0.326 e. The molecule has 6 heteroatoms. The van der Waals surface area contributed by atoms with Crippen LogP contribution in [0.15, 0.2) is 64.2 Å². The van der Waals surface area contributed by atoms with E-state index in [0.29, 0.717) is 6.42 Å². The second kappa shape index (κ2) is 9.62. The molecule has 0 spiro atoms. The summed E-state index contributed by atoms with van der Waals surface area (Å²) in [7, 11) is 0. The fraction of sp³-hybridized carbons (Fsp3) is 0.167. The highest BCUT2D eigenvalue weighted by molar-refractivity contribution is 9.10. The van der Waals surface area contributed by atoms with Gasteiger partial charge < -0.3 is 5.32 Å². The molecule has 5 nitrogen and oxygen atoms in total. The molecular weight excluding hydrogens is 370 g/mol. The van der Waals surface area contributed by atoms with Gasteiger partial charge in [0.05, 0.1) is 6.21 Å². The van der Waals surface area contributed by atoms with Crippen LogP contribution in [-0.4, -0.2) is 18.0 Å². The standard InChI is InChI=1S/C18H18BrN3O2/c19-15-9-11-16(12-10-15)21-17(23)7-4-8-18(24)22-20-13-14-5-2-1-3-6-14/h1-3,5-6,9-13H,4,7-8H2,(H,21,23)(H,22,24)/b20-13-. The Bertz CT molecular complexity index is 700. The summed E-state index contributed by atoms with van der Waals surface area (Å²) in [6, 6.07) is 16.8. The lowest BCUT2D eigenvalue weighted by atomic mass is 10.2. The van der Waals surface area contributed by atoms with Crippen molar-refractivity contribution in [1.29, 1.82) is 0 Å². The van der Waals surface area contributed by atoms with Crippen LogP contribution >= 0.6 is 15.9 Å². The van der Waals surface area contributed by atoms with Crippen molar-refractivity contribution >= 4 is 39.6 Å². The van der Waals surface area contributed by atoms with Gasteiger partial charge >= 0.3 is 0 Å². The summed E-state index contributed by atoms with van der Waals surface area (Å²) >= 11 is 3.34. The zero-order valence-corrected chi connectivity index (χ0v) is 14.6. The molecule has 0 radical (unpaired) electrons. The molecule has 2 N–H and O–H groups in total. The van der Waals surface area contributed by atoms with E-state index < -0.39 is 0 Å². The van der Waals surface area contributed by atoms with Gasteiger partial charge in [-0.05, 0) is 36.2 Å². The summed E-state index contributed by atoms with van der Waals surface area (Å²) in [5, 5.41) is 6.67. The highest BCUT2D eigenvalue weighted by Gasteiger charge is 2.05. The predicted molar refractivity (Wildman–Crippen MR) is 98.8 cm³/mol. The molecule has 0 fully saturated rings. The number of rotatable bonds is 7. The largest absolute Gasteiger partial charge is 0.326 e. The van der Waals surface area contributed by atoms with E-state index in [1.807, 2.05) is 54.6 Å². The van der Waals surface area contributed by atoms with Crippen molar-refractivity contribution in [3.05, 3.63) is 64.6 Å². The summed E-state index contributed by atoms with van der Waals surface area (Å²) < 4.78 is 0.952. The number of hydrazone groups is 1. The minimum atomic E-state index is -0.210. The van der Waals surface area contributed by atoms with Gasteiger partial charge in [-0.1, -0.05) is 46.3 Å². The first-order valence-electron chi connectivity index (χ1n) is 7.56. The molecule has 0 aliphatic heterocycles. The number of anilines is 1. The average Bonchev–Trinajstić information content (AvgIpc) is 2.58. The molecule has 24 heavy (non-hydrogen) atoms. The Kier molecular flexibility index (Phi) is 7.17. The molecule has 2 aromatic rings. The quantitative estimate of drug-likeness (QED) is 0.561. The number of hydrogen-bond donors (Lipinski definition) is 2. The van der Waals surface area contributed by atoms with Crippen LogP contribution in [0.4, 0.5) is 5.69 Å². The van der Waals surface area contributed by atoms with Crippen LogP contribution in [0.2, 0.25) is 0 Å². The number of amides is 2. The maximum absolute atomic E-state index is 11.8. The van der Waals surface area contributed by atoms with Crippen LogP contribution in [-0.2, 0) is 9.59 Å². The SMILES string of the molecule is O=C(CCCC(=O)Nc1ccc(Br)cc1)N/N=C\c1ccccc1. The van der Waals surface area contributed by atoms with Crippen molar-refractivity contribution in [2.45, 2.75) is 19.3 Å². The number of carbonyl (C=O) groups is 2. The van der Waals surface area contributed by atoms with Gasteiger partial charge in [0.2, 0.25) is 11.8 Å². The van der Waals surface area contributed by atoms with Gasteiger partial charge in [-0.15, -0.1) is 0 Å². The van der Waals surface area contributed by atoms with Crippen LogP contribution in [0, 0.1) is 0 Å². The van der Waals surface area contributed by atoms with Gasteiger partial charge in [-0.3, -0.25) is 9.59 Å². The molecule has 0 aliphatic rings. The number of nitrogens with one attached hydrogen (secondary N) is 2. The number of nitrogens with zero attached hydrogens (tertiary/aromatic N) is 1. The second-order valence-electron chi connectivity index (χ2n) is 5.11. The highest BCUT2D eigenvalue weighted by atomic mass is 79.9. The highest BCUT2D eigenvalue weighted by Crippen LogP contribution is 2.14. The van der Waals surface area contributed by atoms with Gasteiger partial charge in [0.15, 0.2) is 0 Å². The Balaban J connectivity index is 1.64. The molecule has 124 valence electrons. The maximum Gasteiger partial charge on any atom is 0.240 e. The molecule has 0 heterocycles. The molecule has 0 aromatic heterocycles. The third-order valence-corrected chi connectivity index (χ3v) is 3.67. The van der Waals surface area contributed by atoms with E-state index in [0.717, 1.165) is 15.7 Å². The molecule has 0 unspecified atom stereocenters. The van der Waals surface area contributed by atoms with E-state index >= 15 is 0 Å². The first-order chi connectivity index (χ1) is 11.6. The van der Waals surface area contributed by atoms with Crippen LogP contribution in [0.1, 0.15) is 24.8 Å². The third kappa shape index (κ3) is 6.75. The molecular formula is C18H18BrN3O2. The summed E-state index contributed by atoms with van der Waals surface area (Å²) in [6.45, 7) is 0. The fourth-order valence-corrected chi connectivity index (χ4v) is 2.20. The van der Waals surface area contributed by atoms with Crippen molar-refractivity contribution in [1.82, 2.24) is 5.43 Å². The van der Waals surface area contributed by atoms with Gasteiger partial charge in [-0.25, -0.2) is 5.43 Å². The lowest BCUT2D eigenvalue weighted by molar-refractivity contribution is -0.121. The van der Waals surface area contributed by atoms with Crippen molar-refractivity contribution < 1.29 is 9.59 Å². The molecule has 0 saturated carbocycles. The van der Waals surface area contributed by atoms with Crippen LogP contribution < -0.4 is 10.7 Å². The molecule has 0 bridgehead atoms. The van der Waals surface area contributed by atoms with Crippen molar-refractivity contribution in [3.8, 4) is 0 Å². The Labute approximate surface area is 149 Å². The summed E-state index contributed by atoms with van der Waals surface area (Å²) in [5.74, 6) is -0.323. The molecule has 2 rings (SSSR count). The Morgan fingerprint density at radius 2 is 1.62 bits per heavy atom. The van der Waals surface area contributed by atoms with Gasteiger partial charge in [0, 0.05) is 23.0 Å². The number of benzene rings is 2. The van der Waals surface area contributed by atoms with Crippen molar-refractivity contribution in [2.75, 3.05) is 5.32 Å². The summed E-state index contributed by atoms with van der Waals surface area (Å²) in [5.41, 5.74) is 4.10. The van der Waals surface area contributed by atoms with Crippen molar-refractivity contribution in [3.63, 3.8) is 0 Å². The lowest BCUT2D eigenvalue weighted by Gasteiger charge is -2.05. The van der Waals surface area contributed by atoms with Crippen LogP contribution in [0.3, 0.4) is 0 Å². The summed E-state index contributed by atoms with van der Waals surface area (Å²) in [4.78, 5) is 23.4. The van der Waals surface area contributed by atoms with Gasteiger partial charge in [0.25, 0.3) is 0 Å². The Hall–Kier alpha value is -2.47. The van der Waals surface area contributed by atoms with Crippen LogP contribution in [0.25, 0.3) is 0 Å². The number of hydrogen-bond acceptors (Lipinski definition) is 3. The minimum absolute atomic E-state index is 0.113. The Morgan fingerprint density at radius 1 is 0.958 bits per heavy atom. The van der Waals surface area contributed by atoms with Crippen LogP contribution in [0.5, 0.6) is 0 Å². The fourth-order valence-electron chi connectivity index (χ4n) is 1.94. The summed E-state index contributed by atoms with van der Waals surface area (Å²) in [6.07, 6.45) is 2.58. The first kappa shape index (κ1) is 17.9. The number of carbonyl (C=O) groups excluding carboxylic acids is 2. The van der Waals surface area contributed by atoms with E-state index in [9.17, 15) is 9.59 Å². The Morgan fingerprint density at radius 3 is 2.33 bits per heavy atom. The normalized spacial score (nSPS) is 10.5. The zero-order chi connectivity index (χ0) is 17.2. The van der Waals surface area contributed by atoms with Crippen molar-refractivity contribution in [2.24, 2.45) is 5.10 Å². The zero-order valence-electron chi connectivity index (χ0n) is 13.0. The van der Waals surface area contributed by atoms with Gasteiger partial charge in [-0.2, -0.15) is 5.10 Å². The molecule has 0 atom stereocenters. The first-order valence-corrected chi connectivity index (χ1v) is 8.35. The monoisotopic (exact) mass is 387 g/mol. The smallest absolute Gasteiger partial charge is 0.240 e.